The van der Waals surface area contributed by atoms with Gasteiger partial charge in [-0.1, -0.05) is 41.5 Å². The predicted octanol–water partition coefficient (Wildman–Crippen LogP) is 6.00. The number of nitrogens with zero attached hydrogens (tertiary/aromatic N) is 4. The molecule has 2 atom stereocenters. The minimum Gasteiger partial charge on any atom is -0.497 e. The molecule has 0 unspecified atom stereocenters. The van der Waals surface area contributed by atoms with E-state index in [9.17, 15) is 9.59 Å². The van der Waals surface area contributed by atoms with Gasteiger partial charge in [0.15, 0.2) is 11.6 Å². The number of amides is 1. The van der Waals surface area contributed by atoms with E-state index in [-0.39, 0.29) is 38.4 Å². The van der Waals surface area contributed by atoms with Crippen LogP contribution >= 0.6 is 0 Å². The molecular weight excluding hydrogens is 614 g/mol. The average molecular weight is 658 g/mol. The Hall–Kier alpha value is -5.06. The summed E-state index contributed by atoms with van der Waals surface area (Å²) < 4.78 is 23.2. The van der Waals surface area contributed by atoms with Crippen molar-refractivity contribution >= 4 is 17.8 Å². The molecule has 0 saturated heterocycles. The van der Waals surface area contributed by atoms with E-state index in [2.05, 4.69) is 15.3 Å². The molecule has 12 heteroatoms. The maximum atomic E-state index is 14.5. The van der Waals surface area contributed by atoms with Gasteiger partial charge >= 0.3 is 5.97 Å². The molecule has 0 bridgehead atoms. The monoisotopic (exact) mass is 657 g/mol. The summed E-state index contributed by atoms with van der Waals surface area (Å²) in [5.41, 5.74) is 9.63. The van der Waals surface area contributed by atoms with Crippen LogP contribution in [0.15, 0.2) is 82.9 Å². The van der Waals surface area contributed by atoms with E-state index in [1.807, 2.05) is 48.5 Å². The maximum absolute atomic E-state index is 14.5. The summed E-state index contributed by atoms with van der Waals surface area (Å²) >= 11 is 0. The molecule has 0 fully saturated rings. The molecule has 0 aliphatic carbocycles. The summed E-state index contributed by atoms with van der Waals surface area (Å²) in [5.74, 6) is 0.644. The van der Waals surface area contributed by atoms with Crippen LogP contribution in [0.3, 0.4) is 0 Å². The van der Waals surface area contributed by atoms with Gasteiger partial charge in [0.25, 0.3) is 5.91 Å². The van der Waals surface area contributed by atoms with Crippen LogP contribution in [-0.4, -0.2) is 60.9 Å². The fourth-order valence-corrected chi connectivity index (χ4v) is 5.38. The number of esters is 1. The number of nitrogens with one attached hydrogen (secondary N) is 1. The second-order valence-corrected chi connectivity index (χ2v) is 12.3. The number of azide groups is 1. The van der Waals surface area contributed by atoms with Crippen molar-refractivity contribution in [2.45, 2.75) is 70.2 Å². The lowest BCUT2D eigenvalue weighted by atomic mass is 9.81. The number of hydrogen-bond acceptors (Lipinski definition) is 9. The zero-order valence-electron chi connectivity index (χ0n) is 27.8. The van der Waals surface area contributed by atoms with E-state index in [1.165, 1.54) is 0 Å². The molecule has 0 spiro atoms. The van der Waals surface area contributed by atoms with Crippen LogP contribution in [0.1, 0.15) is 68.4 Å². The van der Waals surface area contributed by atoms with Crippen molar-refractivity contribution in [3.05, 3.63) is 105 Å². The Morgan fingerprint density at radius 3 is 2.56 bits per heavy atom. The lowest BCUT2D eigenvalue weighted by Crippen LogP contribution is -2.49. The molecule has 0 saturated carbocycles. The maximum Gasteiger partial charge on any atom is 0.306 e. The average Bonchev–Trinajstić information content (AvgIpc) is 3.47. The smallest absolute Gasteiger partial charge is 0.306 e. The third-order valence-electron chi connectivity index (χ3n) is 7.64. The number of aliphatic hydroxyl groups is 1. The second kappa shape index (κ2) is 16.7. The highest BCUT2D eigenvalue weighted by Crippen LogP contribution is 2.44. The number of aliphatic hydroxyl groups excluding tert-OH is 1. The Balaban J connectivity index is 1.74. The molecule has 1 aliphatic heterocycles. The SMILES string of the molecule is COc1cccc(CCNC(=O)[C@]2(CCC(=O)OC(C)(C)C)N=C(c3ccc(OCCCO)cc3)O[C@@H]2c2ccccc2CN=[N+]=[N-])c1. The summed E-state index contributed by atoms with van der Waals surface area (Å²) in [6, 6.07) is 21.9. The van der Waals surface area contributed by atoms with Gasteiger partial charge in [0.1, 0.15) is 17.1 Å². The van der Waals surface area contributed by atoms with E-state index in [0.29, 0.717) is 47.6 Å². The Morgan fingerprint density at radius 2 is 1.85 bits per heavy atom. The fraction of sp³-hybridized carbons (Fsp3) is 0.417. The minimum absolute atomic E-state index is 0.0146. The molecule has 48 heavy (non-hydrogen) atoms. The Bertz CT molecular complexity index is 1630. The Morgan fingerprint density at radius 1 is 1.08 bits per heavy atom. The normalized spacial score (nSPS) is 17.0. The van der Waals surface area contributed by atoms with Gasteiger partial charge in [-0.25, -0.2) is 4.99 Å². The Kier molecular flexibility index (Phi) is 12.4. The first-order valence-corrected chi connectivity index (χ1v) is 15.9. The zero-order chi connectivity index (χ0) is 34.6. The molecule has 1 aliphatic rings. The highest BCUT2D eigenvalue weighted by molar-refractivity contribution is 6.01. The number of benzene rings is 3. The third-order valence-corrected chi connectivity index (χ3v) is 7.64. The third kappa shape index (κ3) is 9.49. The van der Waals surface area contributed by atoms with Crippen LogP contribution in [0.2, 0.25) is 0 Å². The van der Waals surface area contributed by atoms with Crippen molar-refractivity contribution in [2.75, 3.05) is 26.9 Å². The number of carbonyl (C=O) groups excluding carboxylic acids is 2. The van der Waals surface area contributed by atoms with Crippen LogP contribution in [0.5, 0.6) is 11.5 Å². The zero-order valence-corrected chi connectivity index (χ0v) is 27.8. The highest BCUT2D eigenvalue weighted by Gasteiger charge is 2.53. The van der Waals surface area contributed by atoms with Gasteiger partial charge in [0.05, 0.1) is 20.3 Å². The first-order valence-electron chi connectivity index (χ1n) is 15.9. The summed E-state index contributed by atoms with van der Waals surface area (Å²) in [7, 11) is 1.60. The van der Waals surface area contributed by atoms with E-state index in [1.54, 1.807) is 52.1 Å². The molecule has 0 aromatic heterocycles. The van der Waals surface area contributed by atoms with Crippen LogP contribution < -0.4 is 14.8 Å². The van der Waals surface area contributed by atoms with Gasteiger partial charge in [-0.05, 0) is 92.2 Å². The number of hydrogen-bond donors (Lipinski definition) is 2. The topological polar surface area (TPSA) is 164 Å². The lowest BCUT2D eigenvalue weighted by molar-refractivity contribution is -0.155. The molecule has 2 N–H and O–H groups in total. The summed E-state index contributed by atoms with van der Waals surface area (Å²) in [6.45, 7) is 6.06. The number of aliphatic imine (C=N–C) groups is 1. The molecule has 0 radical (unpaired) electrons. The minimum atomic E-state index is -1.58. The summed E-state index contributed by atoms with van der Waals surface area (Å²) in [5, 5.41) is 15.9. The van der Waals surface area contributed by atoms with Gasteiger partial charge in [-0.2, -0.15) is 0 Å². The largest absolute Gasteiger partial charge is 0.497 e. The number of carbonyl (C=O) groups is 2. The quantitative estimate of drug-likeness (QED) is 0.0627. The van der Waals surface area contributed by atoms with Crippen molar-refractivity contribution in [3.63, 3.8) is 0 Å². The molecule has 254 valence electrons. The summed E-state index contributed by atoms with van der Waals surface area (Å²) in [4.78, 5) is 35.4. The van der Waals surface area contributed by atoms with E-state index in [0.717, 1.165) is 5.56 Å². The summed E-state index contributed by atoms with van der Waals surface area (Å²) in [6.07, 6.45) is -0.0514. The first kappa shape index (κ1) is 35.8. The van der Waals surface area contributed by atoms with E-state index in [4.69, 9.17) is 34.6 Å². The van der Waals surface area contributed by atoms with Crippen molar-refractivity contribution in [1.29, 1.82) is 0 Å². The molecule has 12 nitrogen and oxygen atoms in total. The number of rotatable bonds is 16. The van der Waals surface area contributed by atoms with Gasteiger partial charge in [-0.3, -0.25) is 9.59 Å². The standard InChI is InChI=1S/C36H43N5O7/c1-35(2,3)48-31(43)17-19-36(34(44)38-20-18-25-9-7-11-29(23-25)45-4)32(30-12-6-5-10-27(30)24-39-41-37)47-33(40-36)26-13-15-28(16-14-26)46-22-8-21-42/h5-7,9-16,23,32,42H,8,17-22,24H2,1-4H3,(H,38,44)/t32-,36-/m1/s1. The molecule has 1 amide bonds. The van der Waals surface area contributed by atoms with Gasteiger partial charge < -0.3 is 29.4 Å². The number of methoxy groups -OCH3 is 1. The molecule has 3 aromatic rings. The van der Waals surface area contributed by atoms with Gasteiger partial charge in [0, 0.05) is 36.5 Å². The number of ether oxygens (including phenoxy) is 4. The lowest BCUT2D eigenvalue weighted by Gasteiger charge is -2.32. The fourth-order valence-electron chi connectivity index (χ4n) is 5.38. The predicted molar refractivity (Wildman–Crippen MR) is 181 cm³/mol. The molecular formula is C36H43N5O7. The van der Waals surface area contributed by atoms with Crippen LogP contribution in [0.25, 0.3) is 10.4 Å². The molecule has 4 rings (SSSR count). The van der Waals surface area contributed by atoms with E-state index >= 15 is 0 Å². The van der Waals surface area contributed by atoms with Crippen molar-refractivity contribution in [3.8, 4) is 11.5 Å². The first-order chi connectivity index (χ1) is 23.1. The van der Waals surface area contributed by atoms with Gasteiger partial charge in [0.2, 0.25) is 5.90 Å². The van der Waals surface area contributed by atoms with Crippen molar-refractivity contribution < 1.29 is 33.6 Å². The van der Waals surface area contributed by atoms with Gasteiger partial charge in [-0.15, -0.1) is 0 Å². The van der Waals surface area contributed by atoms with Crippen LogP contribution in [-0.2, 0) is 32.0 Å². The highest BCUT2D eigenvalue weighted by atomic mass is 16.6. The Labute approximate surface area is 280 Å². The van der Waals surface area contributed by atoms with Crippen LogP contribution in [0.4, 0.5) is 0 Å². The van der Waals surface area contributed by atoms with E-state index < -0.39 is 29.1 Å². The van der Waals surface area contributed by atoms with Crippen molar-refractivity contribution in [2.24, 2.45) is 10.1 Å². The molecule has 1 heterocycles. The van der Waals surface area contributed by atoms with Crippen molar-refractivity contribution in [1.82, 2.24) is 5.32 Å². The second-order valence-electron chi connectivity index (χ2n) is 12.3. The molecule has 3 aromatic carbocycles. The van der Waals surface area contributed by atoms with Crippen LogP contribution in [0, 0.1) is 0 Å².